The maximum atomic E-state index is 10.7. The number of carboxylic acids is 1. The van der Waals surface area contributed by atoms with Crippen LogP contribution in [0.4, 0.5) is 0 Å². The number of aliphatic carboxylic acids is 1. The van der Waals surface area contributed by atoms with Crippen molar-refractivity contribution in [3.8, 4) is 33.8 Å². The van der Waals surface area contributed by atoms with Crippen molar-refractivity contribution >= 4 is 5.97 Å². The molecule has 0 bridgehead atoms. The number of carbonyl (C=O) groups is 1. The molecule has 0 unspecified atom stereocenters. The normalized spacial score (nSPS) is 12.6. The van der Waals surface area contributed by atoms with E-state index in [-0.39, 0.29) is 19.4 Å². The van der Waals surface area contributed by atoms with Crippen LogP contribution >= 0.6 is 0 Å². The molecular formula is C39H47NO8. The van der Waals surface area contributed by atoms with Crippen molar-refractivity contribution in [3.63, 3.8) is 0 Å². The van der Waals surface area contributed by atoms with Crippen molar-refractivity contribution in [1.82, 2.24) is 5.32 Å². The van der Waals surface area contributed by atoms with Crippen LogP contribution in [0.5, 0.6) is 11.5 Å². The van der Waals surface area contributed by atoms with E-state index < -0.39 is 24.5 Å². The van der Waals surface area contributed by atoms with Gasteiger partial charge in [0.2, 0.25) is 0 Å². The van der Waals surface area contributed by atoms with Crippen LogP contribution in [-0.4, -0.2) is 69.7 Å². The number of aliphatic hydroxyl groups excluding tert-OH is 3. The van der Waals surface area contributed by atoms with E-state index >= 15 is 0 Å². The molecule has 0 aromatic heterocycles. The number of carboxylic acid groups (broad SMARTS) is 1. The lowest BCUT2D eigenvalue weighted by Gasteiger charge is -2.17. The van der Waals surface area contributed by atoms with Gasteiger partial charge >= 0.3 is 5.97 Å². The van der Waals surface area contributed by atoms with Gasteiger partial charge in [-0.15, -0.1) is 0 Å². The summed E-state index contributed by atoms with van der Waals surface area (Å²) in [4.78, 5) is 10.7. The molecule has 0 radical (unpaired) electrons. The molecule has 9 nitrogen and oxygen atoms in total. The highest BCUT2D eigenvalue weighted by Gasteiger charge is 2.13. The minimum Gasteiger partial charge on any atom is -0.492 e. The maximum Gasteiger partial charge on any atom is 0.306 e. The van der Waals surface area contributed by atoms with Crippen molar-refractivity contribution in [1.29, 1.82) is 0 Å². The van der Waals surface area contributed by atoms with E-state index in [9.17, 15) is 15.0 Å². The summed E-state index contributed by atoms with van der Waals surface area (Å²) >= 11 is 0. The Morgan fingerprint density at radius 2 is 1.38 bits per heavy atom. The second-order valence-electron chi connectivity index (χ2n) is 12.1. The average molecular weight is 658 g/mol. The zero-order valence-electron chi connectivity index (χ0n) is 27.6. The van der Waals surface area contributed by atoms with E-state index in [1.54, 1.807) is 0 Å². The first-order chi connectivity index (χ1) is 23.1. The van der Waals surface area contributed by atoms with E-state index in [0.29, 0.717) is 26.2 Å². The summed E-state index contributed by atoms with van der Waals surface area (Å²) < 4.78 is 12.0. The summed E-state index contributed by atoms with van der Waals surface area (Å²) in [6.45, 7) is 5.78. The fraction of sp³-hybridized carbons (Fsp3) is 0.359. The molecule has 256 valence electrons. The highest BCUT2D eigenvalue weighted by atomic mass is 16.5. The molecule has 0 aliphatic heterocycles. The molecule has 0 spiro atoms. The number of hydrogen-bond acceptors (Lipinski definition) is 8. The van der Waals surface area contributed by atoms with Crippen LogP contribution in [-0.2, 0) is 17.8 Å². The summed E-state index contributed by atoms with van der Waals surface area (Å²) in [5, 5.41) is 49.2. The van der Waals surface area contributed by atoms with Crippen LogP contribution in [0.1, 0.15) is 47.9 Å². The second kappa shape index (κ2) is 18.3. The summed E-state index contributed by atoms with van der Waals surface area (Å²) in [7, 11) is 0. The molecule has 2 atom stereocenters. The zero-order chi connectivity index (χ0) is 34.5. The fourth-order valence-electron chi connectivity index (χ4n) is 5.70. The average Bonchev–Trinajstić information content (AvgIpc) is 3.05. The number of aliphatic hydroxyl groups is 4. The molecule has 0 aliphatic rings. The van der Waals surface area contributed by atoms with Crippen molar-refractivity contribution in [2.24, 2.45) is 0 Å². The van der Waals surface area contributed by atoms with Gasteiger partial charge in [-0.1, -0.05) is 60.7 Å². The molecule has 4 aromatic carbocycles. The molecular weight excluding hydrogens is 610 g/mol. The maximum absolute atomic E-state index is 10.7. The highest BCUT2D eigenvalue weighted by molar-refractivity contribution is 5.80. The summed E-state index contributed by atoms with van der Waals surface area (Å²) in [5.74, 6) is 0.485. The first-order valence-electron chi connectivity index (χ1n) is 16.4. The van der Waals surface area contributed by atoms with E-state index in [1.165, 1.54) is 5.56 Å². The molecule has 4 rings (SSSR count). The van der Waals surface area contributed by atoms with Crippen LogP contribution in [0.25, 0.3) is 22.3 Å². The topological polar surface area (TPSA) is 149 Å². The SMILES string of the molecule is Cc1c(COc2ccc(CCC[C@@H](O)CC(O)O)cc2)cccc1-c1cccc(-c2ccc(OCCNC[C@@H](O)CC(=O)O)cc2)c1C. The molecule has 6 N–H and O–H groups in total. The summed E-state index contributed by atoms with van der Waals surface area (Å²) in [6, 6.07) is 28.6. The highest BCUT2D eigenvalue weighted by Crippen LogP contribution is 2.35. The number of benzene rings is 4. The van der Waals surface area contributed by atoms with Gasteiger partial charge in [0, 0.05) is 19.5 Å². The second-order valence-corrected chi connectivity index (χ2v) is 12.1. The van der Waals surface area contributed by atoms with Crippen molar-refractivity contribution < 1.29 is 39.8 Å². The Labute approximate surface area is 282 Å². The number of ether oxygens (including phenoxy) is 2. The molecule has 0 saturated heterocycles. The lowest BCUT2D eigenvalue weighted by atomic mass is 9.89. The first kappa shape index (κ1) is 36.6. The third kappa shape index (κ3) is 11.2. The number of rotatable bonds is 19. The van der Waals surface area contributed by atoms with Gasteiger partial charge in [0.1, 0.15) is 24.7 Å². The summed E-state index contributed by atoms with van der Waals surface area (Å²) in [5.41, 5.74) is 9.10. The van der Waals surface area contributed by atoms with Gasteiger partial charge in [0.15, 0.2) is 6.29 Å². The van der Waals surface area contributed by atoms with Gasteiger partial charge in [-0.3, -0.25) is 4.79 Å². The Morgan fingerprint density at radius 3 is 2.06 bits per heavy atom. The third-order valence-corrected chi connectivity index (χ3v) is 8.38. The minimum absolute atomic E-state index is 0.0303. The first-order valence-corrected chi connectivity index (χ1v) is 16.4. The Balaban J connectivity index is 1.33. The molecule has 48 heavy (non-hydrogen) atoms. The Hall–Kier alpha value is -4.25. The quantitative estimate of drug-likeness (QED) is 0.0576. The standard InChI is InChI=1S/C39H47NO8/c1-26-30(25-48-34-16-12-28(13-17-34)6-3-8-31(41)22-38(43)44)7-4-10-36(26)37-11-5-9-35(27(37)2)29-14-18-33(19-15-29)47-21-20-40-24-32(42)23-39(45)46/h4-5,7,9-19,31-32,38,40-44H,3,6,8,20-25H2,1-2H3,(H,45,46)/t31-,32+/m1/s1. The Bertz CT molecular complexity index is 1590. The molecule has 4 aromatic rings. The number of aryl methyl sites for hydroxylation is 1. The van der Waals surface area contributed by atoms with Crippen LogP contribution in [0, 0.1) is 13.8 Å². The van der Waals surface area contributed by atoms with E-state index in [2.05, 4.69) is 55.6 Å². The van der Waals surface area contributed by atoms with E-state index in [0.717, 1.165) is 63.3 Å². The molecule has 0 heterocycles. The van der Waals surface area contributed by atoms with Crippen molar-refractivity contribution in [2.75, 3.05) is 19.7 Å². The van der Waals surface area contributed by atoms with E-state index in [1.807, 2.05) is 48.5 Å². The van der Waals surface area contributed by atoms with Crippen molar-refractivity contribution in [2.45, 2.75) is 71.1 Å². The number of nitrogens with one attached hydrogen (secondary N) is 1. The van der Waals surface area contributed by atoms with Gasteiger partial charge in [0.05, 0.1) is 18.6 Å². The summed E-state index contributed by atoms with van der Waals surface area (Å²) in [6.07, 6.45) is -1.38. The monoisotopic (exact) mass is 657 g/mol. The lowest BCUT2D eigenvalue weighted by molar-refractivity contribution is -0.139. The third-order valence-electron chi connectivity index (χ3n) is 8.38. The van der Waals surface area contributed by atoms with Crippen LogP contribution in [0.15, 0.2) is 84.9 Å². The van der Waals surface area contributed by atoms with Gasteiger partial charge in [-0.05, 0) is 102 Å². The molecule has 0 fully saturated rings. The largest absolute Gasteiger partial charge is 0.492 e. The minimum atomic E-state index is -1.48. The molecule has 0 aliphatic carbocycles. The molecule has 0 saturated carbocycles. The van der Waals surface area contributed by atoms with Crippen LogP contribution in [0.3, 0.4) is 0 Å². The van der Waals surface area contributed by atoms with Gasteiger partial charge in [-0.2, -0.15) is 0 Å². The number of hydrogen-bond donors (Lipinski definition) is 6. The lowest BCUT2D eigenvalue weighted by Crippen LogP contribution is -2.31. The van der Waals surface area contributed by atoms with Crippen molar-refractivity contribution in [3.05, 3.63) is 107 Å². The van der Waals surface area contributed by atoms with Gasteiger partial charge in [-0.25, -0.2) is 0 Å². The fourth-order valence-corrected chi connectivity index (χ4v) is 5.70. The Kier molecular flexibility index (Phi) is 14.0. The van der Waals surface area contributed by atoms with Crippen LogP contribution < -0.4 is 14.8 Å². The predicted octanol–water partition coefficient (Wildman–Crippen LogP) is 5.40. The Morgan fingerprint density at radius 1 is 0.750 bits per heavy atom. The predicted molar refractivity (Wildman–Crippen MR) is 186 cm³/mol. The van der Waals surface area contributed by atoms with Gasteiger partial charge < -0.3 is 40.3 Å². The molecule has 0 amide bonds. The van der Waals surface area contributed by atoms with E-state index in [4.69, 9.17) is 24.8 Å². The van der Waals surface area contributed by atoms with Crippen LogP contribution in [0.2, 0.25) is 0 Å². The smallest absolute Gasteiger partial charge is 0.306 e. The van der Waals surface area contributed by atoms with Gasteiger partial charge in [0.25, 0.3) is 0 Å². The molecule has 9 heteroatoms. The zero-order valence-corrected chi connectivity index (χ0v) is 27.6.